The third-order valence-corrected chi connectivity index (χ3v) is 6.85. The van der Waals surface area contributed by atoms with Crippen molar-refractivity contribution in [2.24, 2.45) is 17.8 Å². The minimum Gasteiger partial charge on any atom is -0.467 e. The predicted octanol–water partition coefficient (Wildman–Crippen LogP) is 4.70. The van der Waals surface area contributed by atoms with Crippen LogP contribution in [0.5, 0.6) is 5.75 Å². The monoisotopic (exact) mass is 358 g/mol. The van der Waals surface area contributed by atoms with Crippen molar-refractivity contribution in [2.75, 3.05) is 13.9 Å². The van der Waals surface area contributed by atoms with Gasteiger partial charge in [-0.25, -0.2) is 0 Å². The highest BCUT2D eigenvalue weighted by atomic mass is 16.7. The number of hydrogen-bond acceptors (Lipinski definition) is 4. The minimum absolute atomic E-state index is 0.0677. The molecule has 0 aliphatic heterocycles. The fourth-order valence-electron chi connectivity index (χ4n) is 6.00. The first-order valence-electron chi connectivity index (χ1n) is 9.92. The molecule has 0 spiro atoms. The Morgan fingerprint density at radius 2 is 1.77 bits per heavy atom. The van der Waals surface area contributed by atoms with E-state index in [1.807, 2.05) is 19.1 Å². The summed E-state index contributed by atoms with van der Waals surface area (Å²) in [6.45, 7) is 3.58. The van der Waals surface area contributed by atoms with Crippen LogP contribution in [0, 0.1) is 17.8 Å². The zero-order valence-corrected chi connectivity index (χ0v) is 16.1. The summed E-state index contributed by atoms with van der Waals surface area (Å²) < 4.78 is 16.7. The van der Waals surface area contributed by atoms with Crippen molar-refractivity contribution in [3.8, 4) is 5.75 Å². The second kappa shape index (κ2) is 6.97. The molecule has 5 rings (SSSR count). The van der Waals surface area contributed by atoms with Crippen molar-refractivity contribution in [3.05, 3.63) is 29.3 Å². The Bertz CT molecular complexity index is 645. The van der Waals surface area contributed by atoms with Crippen LogP contribution in [0.2, 0.25) is 0 Å². The fourth-order valence-corrected chi connectivity index (χ4v) is 6.00. The molecule has 0 aromatic heterocycles. The van der Waals surface area contributed by atoms with Gasteiger partial charge in [-0.2, -0.15) is 0 Å². The summed E-state index contributed by atoms with van der Waals surface area (Å²) in [5.74, 6) is 3.49. The molecule has 4 fully saturated rings. The summed E-state index contributed by atoms with van der Waals surface area (Å²) in [5, 5.41) is 0. The van der Waals surface area contributed by atoms with Crippen LogP contribution in [0.3, 0.4) is 0 Å². The third-order valence-electron chi connectivity index (χ3n) is 6.85. The lowest BCUT2D eigenvalue weighted by atomic mass is 9.48. The van der Waals surface area contributed by atoms with E-state index in [9.17, 15) is 4.79 Å². The average molecular weight is 358 g/mol. The first-order valence-corrected chi connectivity index (χ1v) is 9.92. The van der Waals surface area contributed by atoms with Gasteiger partial charge < -0.3 is 14.2 Å². The molecular formula is C22H30O4. The van der Waals surface area contributed by atoms with Crippen LogP contribution < -0.4 is 4.74 Å². The van der Waals surface area contributed by atoms with Crippen molar-refractivity contribution < 1.29 is 19.0 Å². The number of ketones is 1. The molecule has 4 bridgehead atoms. The van der Waals surface area contributed by atoms with Gasteiger partial charge in [-0.15, -0.1) is 0 Å². The molecule has 142 valence electrons. The molecule has 4 aliphatic rings. The highest BCUT2D eigenvalue weighted by Crippen LogP contribution is 2.61. The summed E-state index contributed by atoms with van der Waals surface area (Å²) in [6.07, 6.45) is 7.73. The Morgan fingerprint density at radius 3 is 2.31 bits per heavy atom. The Hall–Kier alpha value is -1.39. The quantitative estimate of drug-likeness (QED) is 0.523. The van der Waals surface area contributed by atoms with Gasteiger partial charge in [0.1, 0.15) is 5.75 Å². The molecule has 0 amide bonds. The Kier molecular flexibility index (Phi) is 4.83. The molecule has 0 radical (unpaired) electrons. The van der Waals surface area contributed by atoms with Crippen molar-refractivity contribution in [1.29, 1.82) is 0 Å². The van der Waals surface area contributed by atoms with E-state index in [1.54, 1.807) is 14.0 Å². The lowest BCUT2D eigenvalue weighted by molar-refractivity contribution is -0.150. The average Bonchev–Trinajstić information content (AvgIpc) is 2.60. The van der Waals surface area contributed by atoms with Crippen LogP contribution >= 0.6 is 0 Å². The van der Waals surface area contributed by atoms with Gasteiger partial charge in [0.2, 0.25) is 0 Å². The summed E-state index contributed by atoms with van der Waals surface area (Å²) in [5.41, 5.74) is 2.22. The van der Waals surface area contributed by atoms with Crippen LogP contribution in [0.4, 0.5) is 0 Å². The summed E-state index contributed by atoms with van der Waals surface area (Å²) in [7, 11) is 1.61. The van der Waals surface area contributed by atoms with Gasteiger partial charge in [-0.05, 0) is 81.6 Å². The molecule has 1 aromatic carbocycles. The number of benzene rings is 1. The lowest BCUT2D eigenvalue weighted by Gasteiger charge is -2.57. The molecule has 0 saturated heterocycles. The molecule has 1 unspecified atom stereocenters. The first kappa shape index (κ1) is 18.0. The predicted molar refractivity (Wildman–Crippen MR) is 99.3 cm³/mol. The van der Waals surface area contributed by atoms with E-state index in [2.05, 4.69) is 6.07 Å². The Balaban J connectivity index is 1.63. The third kappa shape index (κ3) is 3.29. The van der Waals surface area contributed by atoms with E-state index in [1.165, 1.54) is 44.1 Å². The van der Waals surface area contributed by atoms with Crippen molar-refractivity contribution in [3.63, 3.8) is 0 Å². The number of carbonyl (C=O) groups is 1. The largest absolute Gasteiger partial charge is 0.467 e. The highest BCUT2D eigenvalue weighted by molar-refractivity contribution is 5.94. The lowest BCUT2D eigenvalue weighted by Crippen LogP contribution is -2.48. The molecule has 0 heterocycles. The van der Waals surface area contributed by atoms with E-state index in [0.29, 0.717) is 5.56 Å². The van der Waals surface area contributed by atoms with Crippen LogP contribution in [-0.4, -0.2) is 26.0 Å². The molecule has 1 atom stereocenters. The summed E-state index contributed by atoms with van der Waals surface area (Å²) in [6, 6.07) is 6.04. The van der Waals surface area contributed by atoms with E-state index >= 15 is 0 Å². The van der Waals surface area contributed by atoms with Crippen LogP contribution in [0.25, 0.3) is 0 Å². The van der Waals surface area contributed by atoms with Gasteiger partial charge in [0.15, 0.2) is 18.9 Å². The van der Waals surface area contributed by atoms with Gasteiger partial charge >= 0.3 is 0 Å². The number of hydrogen-bond donors (Lipinski definition) is 0. The van der Waals surface area contributed by atoms with Crippen LogP contribution in [0.1, 0.15) is 68.3 Å². The fraction of sp³-hybridized carbons (Fsp3) is 0.682. The second-order valence-corrected chi connectivity index (χ2v) is 8.70. The van der Waals surface area contributed by atoms with Gasteiger partial charge in [-0.1, -0.05) is 12.1 Å². The normalized spacial score (nSPS) is 33.3. The van der Waals surface area contributed by atoms with E-state index in [0.717, 1.165) is 23.5 Å². The molecule has 26 heavy (non-hydrogen) atoms. The number of carbonyl (C=O) groups excluding carboxylic acids is 1. The van der Waals surface area contributed by atoms with Crippen LogP contribution in [-0.2, 0) is 14.9 Å². The molecule has 4 aliphatic carbocycles. The standard InChI is InChI=1S/C22H30O4/c1-14(23)19-4-5-20(21(9-19)26-13-25-15(2)24-3)22-10-16-6-17(11-22)8-18(7-16)12-22/h4-5,9,15-18H,6-8,10-13H2,1-3H3. The van der Waals surface area contributed by atoms with E-state index in [-0.39, 0.29) is 24.3 Å². The number of ether oxygens (including phenoxy) is 3. The molecule has 0 N–H and O–H groups in total. The Morgan fingerprint density at radius 1 is 1.15 bits per heavy atom. The molecular weight excluding hydrogens is 328 g/mol. The topological polar surface area (TPSA) is 44.8 Å². The maximum atomic E-state index is 11.9. The van der Waals surface area contributed by atoms with Crippen molar-refractivity contribution in [2.45, 2.75) is 64.1 Å². The van der Waals surface area contributed by atoms with Gasteiger partial charge in [0.05, 0.1) is 0 Å². The maximum Gasteiger partial charge on any atom is 0.191 e. The first-order chi connectivity index (χ1) is 12.5. The zero-order valence-electron chi connectivity index (χ0n) is 16.1. The van der Waals surface area contributed by atoms with Crippen LogP contribution in [0.15, 0.2) is 18.2 Å². The SMILES string of the molecule is COC(C)OCOc1cc(C(C)=O)ccc1C12CC3CC(CC(C3)C1)C2. The van der Waals surface area contributed by atoms with Gasteiger partial charge in [-0.3, -0.25) is 4.79 Å². The van der Waals surface area contributed by atoms with Crippen molar-refractivity contribution >= 4 is 5.78 Å². The number of rotatable bonds is 7. The number of methoxy groups -OCH3 is 1. The summed E-state index contributed by atoms with van der Waals surface area (Å²) in [4.78, 5) is 11.9. The summed E-state index contributed by atoms with van der Waals surface area (Å²) >= 11 is 0. The van der Waals surface area contributed by atoms with E-state index < -0.39 is 0 Å². The smallest absolute Gasteiger partial charge is 0.191 e. The Labute approximate surface area is 156 Å². The number of Topliss-reactive ketones (excluding diaryl/α,β-unsaturated/α-hetero) is 1. The molecule has 4 nitrogen and oxygen atoms in total. The molecule has 4 heteroatoms. The molecule has 4 saturated carbocycles. The second-order valence-electron chi connectivity index (χ2n) is 8.70. The van der Waals surface area contributed by atoms with E-state index in [4.69, 9.17) is 14.2 Å². The van der Waals surface area contributed by atoms with Crippen molar-refractivity contribution in [1.82, 2.24) is 0 Å². The zero-order chi connectivity index (χ0) is 18.3. The highest BCUT2D eigenvalue weighted by Gasteiger charge is 2.52. The minimum atomic E-state index is -0.311. The maximum absolute atomic E-state index is 11.9. The molecule has 1 aromatic rings. The van der Waals surface area contributed by atoms with Gasteiger partial charge in [0.25, 0.3) is 0 Å². The van der Waals surface area contributed by atoms with Gasteiger partial charge in [0, 0.05) is 18.2 Å².